The lowest BCUT2D eigenvalue weighted by Crippen LogP contribution is -2.26. The Morgan fingerprint density at radius 2 is 2.00 bits per heavy atom. The Morgan fingerprint density at radius 1 is 1.35 bits per heavy atom. The topological polar surface area (TPSA) is 43.4 Å². The molecule has 0 heterocycles. The summed E-state index contributed by atoms with van der Waals surface area (Å²) in [6, 6.07) is 8.83. The second kappa shape index (κ2) is 6.63. The molecular weight excluding hydrogens is 216 g/mol. The standard InChI is InChI=1S/C14H16O3/c1-3-8-12(17-13(15)4-2)14(16)11-9-6-5-7-10-11/h4-7,9-10,12H,2-3,8H2,1H3. The van der Waals surface area contributed by atoms with Gasteiger partial charge in [0, 0.05) is 11.6 Å². The van der Waals surface area contributed by atoms with Crippen LogP contribution in [0.25, 0.3) is 0 Å². The van der Waals surface area contributed by atoms with Gasteiger partial charge in [-0.15, -0.1) is 0 Å². The zero-order chi connectivity index (χ0) is 12.7. The molecule has 3 nitrogen and oxygen atoms in total. The highest BCUT2D eigenvalue weighted by molar-refractivity contribution is 6.00. The molecule has 1 unspecified atom stereocenters. The first kappa shape index (κ1) is 13.2. The van der Waals surface area contributed by atoms with Gasteiger partial charge in [-0.3, -0.25) is 4.79 Å². The lowest BCUT2D eigenvalue weighted by molar-refractivity contribution is -0.141. The maximum atomic E-state index is 12.1. The average Bonchev–Trinajstić information content (AvgIpc) is 2.38. The summed E-state index contributed by atoms with van der Waals surface area (Å²) >= 11 is 0. The third-order valence-corrected chi connectivity index (χ3v) is 2.33. The predicted molar refractivity (Wildman–Crippen MR) is 65.8 cm³/mol. The summed E-state index contributed by atoms with van der Waals surface area (Å²) in [5.41, 5.74) is 0.558. The average molecular weight is 232 g/mol. The Balaban J connectivity index is 2.80. The van der Waals surface area contributed by atoms with Crippen LogP contribution in [0.4, 0.5) is 0 Å². The monoisotopic (exact) mass is 232 g/mol. The van der Waals surface area contributed by atoms with E-state index < -0.39 is 12.1 Å². The second-order valence-corrected chi connectivity index (χ2v) is 3.65. The molecule has 1 rings (SSSR count). The van der Waals surface area contributed by atoms with Gasteiger partial charge in [0.2, 0.25) is 5.78 Å². The summed E-state index contributed by atoms with van der Waals surface area (Å²) in [4.78, 5) is 23.2. The highest BCUT2D eigenvalue weighted by Gasteiger charge is 2.22. The van der Waals surface area contributed by atoms with Crippen molar-refractivity contribution in [3.63, 3.8) is 0 Å². The molecule has 0 N–H and O–H groups in total. The summed E-state index contributed by atoms with van der Waals surface area (Å²) in [6.07, 6.45) is 1.65. The van der Waals surface area contributed by atoms with E-state index in [2.05, 4.69) is 6.58 Å². The lowest BCUT2D eigenvalue weighted by Gasteiger charge is -2.14. The van der Waals surface area contributed by atoms with Gasteiger partial charge in [-0.1, -0.05) is 50.3 Å². The van der Waals surface area contributed by atoms with Crippen molar-refractivity contribution in [3.05, 3.63) is 48.6 Å². The van der Waals surface area contributed by atoms with Gasteiger partial charge in [0.05, 0.1) is 0 Å². The molecule has 0 amide bonds. The fourth-order valence-electron chi connectivity index (χ4n) is 1.48. The van der Waals surface area contributed by atoms with E-state index in [0.717, 1.165) is 12.5 Å². The molecule has 0 aliphatic heterocycles. The fourth-order valence-corrected chi connectivity index (χ4v) is 1.48. The Kier molecular flexibility index (Phi) is 5.14. The minimum atomic E-state index is -0.715. The Bertz CT molecular complexity index is 395. The number of esters is 1. The minimum Gasteiger partial charge on any atom is -0.451 e. The molecule has 1 aromatic rings. The van der Waals surface area contributed by atoms with E-state index in [0.29, 0.717) is 12.0 Å². The fraction of sp³-hybridized carbons (Fsp3) is 0.286. The molecular formula is C14H16O3. The molecule has 17 heavy (non-hydrogen) atoms. The van der Waals surface area contributed by atoms with Crippen LogP contribution in [0.2, 0.25) is 0 Å². The molecule has 0 bridgehead atoms. The Labute approximate surface area is 101 Å². The van der Waals surface area contributed by atoms with Crippen LogP contribution in [0.15, 0.2) is 43.0 Å². The van der Waals surface area contributed by atoms with Gasteiger partial charge in [-0.25, -0.2) is 4.79 Å². The minimum absolute atomic E-state index is 0.164. The summed E-state index contributed by atoms with van der Waals surface area (Å²) in [6.45, 7) is 5.26. The van der Waals surface area contributed by atoms with Gasteiger partial charge in [-0.05, 0) is 6.42 Å². The first-order valence-corrected chi connectivity index (χ1v) is 5.61. The largest absolute Gasteiger partial charge is 0.451 e. The normalized spacial score (nSPS) is 11.6. The molecule has 0 aromatic heterocycles. The van der Waals surface area contributed by atoms with Crippen molar-refractivity contribution in [2.45, 2.75) is 25.9 Å². The smallest absolute Gasteiger partial charge is 0.330 e. The van der Waals surface area contributed by atoms with Gasteiger partial charge < -0.3 is 4.74 Å². The van der Waals surface area contributed by atoms with Crippen LogP contribution in [-0.2, 0) is 9.53 Å². The van der Waals surface area contributed by atoms with Crippen LogP contribution in [0.3, 0.4) is 0 Å². The van der Waals surface area contributed by atoms with Crippen molar-refractivity contribution in [1.82, 2.24) is 0 Å². The molecule has 0 spiro atoms. The number of hydrogen-bond donors (Lipinski definition) is 0. The molecule has 0 saturated heterocycles. The van der Waals surface area contributed by atoms with Crippen LogP contribution in [-0.4, -0.2) is 17.9 Å². The van der Waals surface area contributed by atoms with E-state index in [1.165, 1.54) is 0 Å². The summed E-state index contributed by atoms with van der Waals surface area (Å²) in [5, 5.41) is 0. The van der Waals surface area contributed by atoms with Crippen molar-refractivity contribution < 1.29 is 14.3 Å². The van der Waals surface area contributed by atoms with Gasteiger partial charge in [0.25, 0.3) is 0 Å². The van der Waals surface area contributed by atoms with E-state index in [-0.39, 0.29) is 5.78 Å². The van der Waals surface area contributed by atoms with Crippen molar-refractivity contribution >= 4 is 11.8 Å². The molecule has 90 valence electrons. The number of ketones is 1. The van der Waals surface area contributed by atoms with Crippen LogP contribution in [0.1, 0.15) is 30.1 Å². The van der Waals surface area contributed by atoms with Crippen LogP contribution < -0.4 is 0 Å². The highest BCUT2D eigenvalue weighted by atomic mass is 16.5. The van der Waals surface area contributed by atoms with Crippen LogP contribution in [0.5, 0.6) is 0 Å². The molecule has 1 atom stereocenters. The van der Waals surface area contributed by atoms with Crippen LogP contribution >= 0.6 is 0 Å². The molecule has 0 saturated carbocycles. The third kappa shape index (κ3) is 3.87. The lowest BCUT2D eigenvalue weighted by atomic mass is 10.0. The van der Waals surface area contributed by atoms with E-state index in [1.807, 2.05) is 13.0 Å². The molecule has 3 heteroatoms. The number of carbonyl (C=O) groups is 2. The highest BCUT2D eigenvalue weighted by Crippen LogP contribution is 2.11. The maximum absolute atomic E-state index is 12.1. The SMILES string of the molecule is C=CC(=O)OC(CCC)C(=O)c1ccccc1. The number of rotatable bonds is 6. The van der Waals surface area contributed by atoms with E-state index in [4.69, 9.17) is 4.74 Å². The third-order valence-electron chi connectivity index (χ3n) is 2.33. The van der Waals surface area contributed by atoms with Crippen molar-refractivity contribution in [1.29, 1.82) is 0 Å². The summed E-state index contributed by atoms with van der Waals surface area (Å²) in [5.74, 6) is -0.726. The molecule has 0 aliphatic carbocycles. The summed E-state index contributed by atoms with van der Waals surface area (Å²) < 4.78 is 5.05. The van der Waals surface area contributed by atoms with Gasteiger partial charge in [0.15, 0.2) is 6.10 Å². The zero-order valence-corrected chi connectivity index (χ0v) is 9.89. The number of benzene rings is 1. The Hall–Kier alpha value is -1.90. The number of Topliss-reactive ketones (excluding diaryl/α,β-unsaturated/α-hetero) is 1. The van der Waals surface area contributed by atoms with Crippen LogP contribution in [0, 0.1) is 0 Å². The van der Waals surface area contributed by atoms with Gasteiger partial charge in [-0.2, -0.15) is 0 Å². The second-order valence-electron chi connectivity index (χ2n) is 3.65. The zero-order valence-electron chi connectivity index (χ0n) is 9.89. The summed E-state index contributed by atoms with van der Waals surface area (Å²) in [7, 11) is 0. The molecule has 0 aliphatic rings. The van der Waals surface area contributed by atoms with E-state index >= 15 is 0 Å². The molecule has 0 radical (unpaired) electrons. The van der Waals surface area contributed by atoms with E-state index in [9.17, 15) is 9.59 Å². The predicted octanol–water partition coefficient (Wildman–Crippen LogP) is 2.77. The maximum Gasteiger partial charge on any atom is 0.330 e. The van der Waals surface area contributed by atoms with Crippen molar-refractivity contribution in [3.8, 4) is 0 Å². The number of hydrogen-bond acceptors (Lipinski definition) is 3. The number of carbonyl (C=O) groups excluding carboxylic acids is 2. The Morgan fingerprint density at radius 3 is 2.53 bits per heavy atom. The first-order valence-electron chi connectivity index (χ1n) is 5.61. The van der Waals surface area contributed by atoms with Gasteiger partial charge in [0.1, 0.15) is 0 Å². The quantitative estimate of drug-likeness (QED) is 0.430. The first-order chi connectivity index (χ1) is 8.19. The van der Waals surface area contributed by atoms with Crippen molar-refractivity contribution in [2.75, 3.05) is 0 Å². The van der Waals surface area contributed by atoms with Crippen molar-refractivity contribution in [2.24, 2.45) is 0 Å². The molecule has 0 fully saturated rings. The number of ether oxygens (including phenoxy) is 1. The van der Waals surface area contributed by atoms with E-state index in [1.54, 1.807) is 24.3 Å². The molecule has 1 aromatic carbocycles. The van der Waals surface area contributed by atoms with Gasteiger partial charge >= 0.3 is 5.97 Å².